The molecular weight excluding hydrogens is 474 g/mol. The van der Waals surface area contributed by atoms with Gasteiger partial charge in [0.25, 0.3) is 0 Å². The Labute approximate surface area is 213 Å². The zero-order chi connectivity index (χ0) is 25.9. The van der Waals surface area contributed by atoms with E-state index < -0.39 is 21.7 Å². The van der Waals surface area contributed by atoms with Gasteiger partial charge in [0.15, 0.2) is 0 Å². The standard InChI is InChI=1S/C28H33N3O4S/c1-21-13-16-24(17-14-21)36(33,34)30-19-9-8-12-25(30)22-15-18-26(29-20-22)31(23-10-6-5-7-11-23)27(32)35-28(2,3)4/h5-7,10-11,13-18,20,25H,8-9,12,19H2,1-4H3. The Bertz CT molecular complexity index is 1290. The lowest BCUT2D eigenvalue weighted by atomic mass is 9.99. The van der Waals surface area contributed by atoms with Gasteiger partial charge in [0.05, 0.1) is 16.6 Å². The lowest BCUT2D eigenvalue weighted by molar-refractivity contribution is 0.0598. The zero-order valence-electron chi connectivity index (χ0n) is 21.2. The average Bonchev–Trinajstić information content (AvgIpc) is 2.84. The van der Waals surface area contributed by atoms with E-state index in [0.29, 0.717) is 29.4 Å². The number of piperidine rings is 1. The van der Waals surface area contributed by atoms with Gasteiger partial charge in [0.1, 0.15) is 11.4 Å². The molecule has 0 spiro atoms. The molecule has 0 N–H and O–H groups in total. The van der Waals surface area contributed by atoms with Crippen molar-refractivity contribution in [3.05, 3.63) is 84.1 Å². The van der Waals surface area contributed by atoms with Crippen molar-refractivity contribution in [3.63, 3.8) is 0 Å². The predicted octanol–water partition coefficient (Wildman–Crippen LogP) is 6.38. The summed E-state index contributed by atoms with van der Waals surface area (Å²) in [5.74, 6) is 0.406. The SMILES string of the molecule is Cc1ccc(S(=O)(=O)N2CCCCC2c2ccc(N(C(=O)OC(C)(C)C)c3ccccc3)nc2)cc1. The molecule has 1 unspecified atom stereocenters. The third-order valence-electron chi connectivity index (χ3n) is 6.06. The Morgan fingerprint density at radius 1 is 1.00 bits per heavy atom. The lowest BCUT2D eigenvalue weighted by Gasteiger charge is -2.35. The Kier molecular flexibility index (Phi) is 7.47. The number of benzene rings is 2. The van der Waals surface area contributed by atoms with Crippen molar-refractivity contribution in [2.45, 2.75) is 63.5 Å². The molecule has 190 valence electrons. The van der Waals surface area contributed by atoms with Gasteiger partial charge in [0.2, 0.25) is 10.0 Å². The molecule has 7 nitrogen and oxygen atoms in total. The molecule has 1 aromatic heterocycles. The van der Waals surface area contributed by atoms with Crippen LogP contribution in [0, 0.1) is 6.92 Å². The fourth-order valence-electron chi connectivity index (χ4n) is 4.31. The highest BCUT2D eigenvalue weighted by molar-refractivity contribution is 7.89. The summed E-state index contributed by atoms with van der Waals surface area (Å²) in [6.45, 7) is 7.84. The molecule has 1 amide bonds. The number of anilines is 2. The molecule has 0 saturated carbocycles. The number of hydrogen-bond donors (Lipinski definition) is 0. The van der Waals surface area contributed by atoms with E-state index in [9.17, 15) is 13.2 Å². The molecule has 0 radical (unpaired) electrons. The van der Waals surface area contributed by atoms with Crippen LogP contribution in [-0.4, -0.2) is 35.9 Å². The van der Waals surface area contributed by atoms with E-state index in [4.69, 9.17) is 4.74 Å². The van der Waals surface area contributed by atoms with Gasteiger partial charge in [-0.3, -0.25) is 0 Å². The van der Waals surface area contributed by atoms with Crippen molar-refractivity contribution >= 4 is 27.6 Å². The number of hydrogen-bond acceptors (Lipinski definition) is 5. The van der Waals surface area contributed by atoms with E-state index in [1.807, 2.05) is 76.2 Å². The normalized spacial score (nSPS) is 16.9. The van der Waals surface area contributed by atoms with Crippen LogP contribution in [-0.2, 0) is 14.8 Å². The van der Waals surface area contributed by atoms with E-state index >= 15 is 0 Å². The number of pyridine rings is 1. The third kappa shape index (κ3) is 5.77. The smallest absolute Gasteiger partial charge is 0.420 e. The van der Waals surface area contributed by atoms with Crippen molar-refractivity contribution in [1.29, 1.82) is 0 Å². The van der Waals surface area contributed by atoms with Crippen molar-refractivity contribution in [2.75, 3.05) is 11.4 Å². The third-order valence-corrected chi connectivity index (χ3v) is 7.98. The van der Waals surface area contributed by atoms with Crippen LogP contribution >= 0.6 is 0 Å². The second-order valence-corrected chi connectivity index (χ2v) is 11.9. The van der Waals surface area contributed by atoms with Gasteiger partial charge in [0, 0.05) is 12.7 Å². The molecule has 36 heavy (non-hydrogen) atoms. The first kappa shape index (κ1) is 25.9. The summed E-state index contributed by atoms with van der Waals surface area (Å²) >= 11 is 0. The van der Waals surface area contributed by atoms with Crippen LogP contribution in [0.25, 0.3) is 0 Å². The van der Waals surface area contributed by atoms with Gasteiger partial charge >= 0.3 is 6.09 Å². The minimum Gasteiger partial charge on any atom is -0.443 e. The lowest BCUT2D eigenvalue weighted by Crippen LogP contribution is -2.38. The number of nitrogens with zero attached hydrogens (tertiary/aromatic N) is 3. The number of aromatic nitrogens is 1. The molecule has 3 aromatic rings. The van der Waals surface area contributed by atoms with Crippen LogP contribution in [0.3, 0.4) is 0 Å². The molecule has 2 aromatic carbocycles. The quantitative estimate of drug-likeness (QED) is 0.400. The Morgan fingerprint density at radius 3 is 2.31 bits per heavy atom. The summed E-state index contributed by atoms with van der Waals surface area (Å²) in [4.78, 5) is 19.4. The second-order valence-electron chi connectivity index (χ2n) is 10.0. The number of rotatable bonds is 5. The molecule has 4 rings (SSSR count). The zero-order valence-corrected chi connectivity index (χ0v) is 22.0. The van der Waals surface area contributed by atoms with Crippen molar-refractivity contribution in [3.8, 4) is 0 Å². The van der Waals surface area contributed by atoms with Crippen molar-refractivity contribution in [1.82, 2.24) is 9.29 Å². The molecule has 2 heterocycles. The minimum absolute atomic E-state index is 0.296. The molecule has 1 saturated heterocycles. The summed E-state index contributed by atoms with van der Waals surface area (Å²) in [6.07, 6.45) is 3.59. The Morgan fingerprint density at radius 2 is 1.69 bits per heavy atom. The van der Waals surface area contributed by atoms with Gasteiger partial charge in [-0.2, -0.15) is 4.31 Å². The summed E-state index contributed by atoms with van der Waals surface area (Å²) in [5, 5.41) is 0. The molecule has 1 aliphatic heterocycles. The predicted molar refractivity (Wildman–Crippen MR) is 141 cm³/mol. The van der Waals surface area contributed by atoms with Gasteiger partial charge in [-0.1, -0.05) is 48.4 Å². The molecule has 8 heteroatoms. The highest BCUT2D eigenvalue weighted by atomic mass is 32.2. The number of aryl methyl sites for hydroxylation is 1. The molecule has 1 aliphatic rings. The van der Waals surface area contributed by atoms with E-state index in [1.54, 1.807) is 28.7 Å². The number of sulfonamides is 1. The molecule has 0 bridgehead atoms. The van der Waals surface area contributed by atoms with E-state index in [2.05, 4.69) is 4.98 Å². The van der Waals surface area contributed by atoms with Crippen LogP contribution < -0.4 is 4.90 Å². The number of para-hydroxylation sites is 1. The monoisotopic (exact) mass is 507 g/mol. The topological polar surface area (TPSA) is 79.8 Å². The maximum Gasteiger partial charge on any atom is 0.420 e. The highest BCUT2D eigenvalue weighted by Gasteiger charge is 2.35. The maximum atomic E-state index is 13.5. The van der Waals surface area contributed by atoms with E-state index in [-0.39, 0.29) is 6.04 Å². The van der Waals surface area contributed by atoms with Gasteiger partial charge < -0.3 is 4.74 Å². The van der Waals surface area contributed by atoms with Gasteiger partial charge in [-0.25, -0.2) is 23.1 Å². The number of ether oxygens (including phenoxy) is 1. The van der Waals surface area contributed by atoms with Gasteiger partial charge in [-0.15, -0.1) is 0 Å². The first-order valence-electron chi connectivity index (χ1n) is 12.2. The van der Waals surface area contributed by atoms with E-state index in [0.717, 1.165) is 24.0 Å². The number of amides is 1. The second kappa shape index (κ2) is 10.4. The molecule has 1 fully saturated rings. The number of carbonyl (C=O) groups excluding carboxylic acids is 1. The first-order valence-corrected chi connectivity index (χ1v) is 13.6. The van der Waals surface area contributed by atoms with Crippen LogP contribution in [0.15, 0.2) is 77.8 Å². The van der Waals surface area contributed by atoms with Crippen molar-refractivity contribution in [2.24, 2.45) is 0 Å². The number of carbonyl (C=O) groups is 1. The minimum atomic E-state index is -3.66. The van der Waals surface area contributed by atoms with Crippen LogP contribution in [0.2, 0.25) is 0 Å². The van der Waals surface area contributed by atoms with Crippen molar-refractivity contribution < 1.29 is 17.9 Å². The highest BCUT2D eigenvalue weighted by Crippen LogP contribution is 2.36. The van der Waals surface area contributed by atoms with E-state index in [1.165, 1.54) is 4.90 Å². The first-order chi connectivity index (χ1) is 17.1. The summed E-state index contributed by atoms with van der Waals surface area (Å²) in [6, 6.07) is 19.4. The van der Waals surface area contributed by atoms with Crippen LogP contribution in [0.1, 0.15) is 57.2 Å². The molecule has 0 aliphatic carbocycles. The summed E-state index contributed by atoms with van der Waals surface area (Å²) in [7, 11) is -3.66. The van der Waals surface area contributed by atoms with Gasteiger partial charge in [-0.05, 0) is 76.4 Å². The molecule has 1 atom stereocenters. The molecular formula is C28H33N3O4S. The fourth-order valence-corrected chi connectivity index (χ4v) is 6.00. The largest absolute Gasteiger partial charge is 0.443 e. The Hall–Kier alpha value is -3.23. The van der Waals surface area contributed by atoms with Crippen LogP contribution in [0.4, 0.5) is 16.3 Å². The van der Waals surface area contributed by atoms with Crippen LogP contribution in [0.5, 0.6) is 0 Å². The average molecular weight is 508 g/mol. The summed E-state index contributed by atoms with van der Waals surface area (Å²) < 4.78 is 34.2. The Balaban J connectivity index is 1.65. The summed E-state index contributed by atoms with van der Waals surface area (Å²) in [5.41, 5.74) is 1.77. The maximum absolute atomic E-state index is 13.5. The fraction of sp³-hybridized carbons (Fsp3) is 0.357.